The average Bonchev–Trinajstić information content (AvgIpc) is 2.85. The summed E-state index contributed by atoms with van der Waals surface area (Å²) in [6.45, 7) is 2.59. The van der Waals surface area contributed by atoms with Gasteiger partial charge in [-0.2, -0.15) is 0 Å². The lowest BCUT2D eigenvalue weighted by molar-refractivity contribution is 0.102. The van der Waals surface area contributed by atoms with Crippen LogP contribution in [0.2, 0.25) is 0 Å². The Bertz CT molecular complexity index is 1080. The smallest absolute Gasteiger partial charge is 0.317 e. The summed E-state index contributed by atoms with van der Waals surface area (Å²) in [4.78, 5) is 29.5. The van der Waals surface area contributed by atoms with E-state index >= 15 is 0 Å². The zero-order chi connectivity index (χ0) is 25.0. The first kappa shape index (κ1) is 25.8. The van der Waals surface area contributed by atoms with Gasteiger partial charge in [-0.1, -0.05) is 54.6 Å². The van der Waals surface area contributed by atoms with E-state index < -0.39 is 0 Å². The fourth-order valence-corrected chi connectivity index (χ4v) is 3.69. The third-order valence-electron chi connectivity index (χ3n) is 5.65. The van der Waals surface area contributed by atoms with E-state index in [0.29, 0.717) is 36.6 Å². The molecule has 0 aliphatic rings. The van der Waals surface area contributed by atoms with Gasteiger partial charge in [-0.05, 0) is 68.9 Å². The highest BCUT2D eigenvalue weighted by Crippen LogP contribution is 2.18. The molecule has 184 valence electrons. The number of benzene rings is 3. The van der Waals surface area contributed by atoms with E-state index in [1.165, 1.54) is 5.56 Å². The van der Waals surface area contributed by atoms with Crippen LogP contribution in [0, 0.1) is 0 Å². The summed E-state index contributed by atoms with van der Waals surface area (Å²) in [5, 5.41) is 5.89. The largest absolute Gasteiger partial charge is 0.397 e. The molecular formula is C28H35N5O2. The normalized spacial score (nSPS) is 10.7. The molecule has 7 nitrogen and oxygen atoms in total. The second-order valence-corrected chi connectivity index (χ2v) is 8.78. The van der Waals surface area contributed by atoms with Gasteiger partial charge in [0.15, 0.2) is 0 Å². The van der Waals surface area contributed by atoms with E-state index in [2.05, 4.69) is 27.7 Å². The van der Waals surface area contributed by atoms with E-state index in [4.69, 9.17) is 5.73 Å². The number of carbonyl (C=O) groups is 2. The molecule has 0 saturated carbocycles. The quantitative estimate of drug-likeness (QED) is 0.364. The molecule has 7 heteroatoms. The molecule has 0 radical (unpaired) electrons. The fourth-order valence-electron chi connectivity index (χ4n) is 3.69. The minimum atomic E-state index is -0.226. The van der Waals surface area contributed by atoms with Crippen molar-refractivity contribution in [1.82, 2.24) is 15.1 Å². The molecule has 0 atom stereocenters. The second-order valence-electron chi connectivity index (χ2n) is 8.78. The topological polar surface area (TPSA) is 90.7 Å². The van der Waals surface area contributed by atoms with Crippen molar-refractivity contribution in [1.29, 1.82) is 0 Å². The van der Waals surface area contributed by atoms with Gasteiger partial charge in [-0.3, -0.25) is 4.79 Å². The molecule has 3 aromatic rings. The van der Waals surface area contributed by atoms with Crippen LogP contribution in [0.3, 0.4) is 0 Å². The van der Waals surface area contributed by atoms with Crippen LogP contribution in [-0.2, 0) is 13.0 Å². The lowest BCUT2D eigenvalue weighted by Crippen LogP contribution is -2.41. The van der Waals surface area contributed by atoms with Crippen LogP contribution in [0.1, 0.15) is 27.9 Å². The summed E-state index contributed by atoms with van der Waals surface area (Å²) in [7, 11) is 4.05. The third kappa shape index (κ3) is 8.46. The van der Waals surface area contributed by atoms with Crippen molar-refractivity contribution in [2.75, 3.05) is 44.8 Å². The van der Waals surface area contributed by atoms with Gasteiger partial charge in [0.25, 0.3) is 5.91 Å². The molecule has 0 fully saturated rings. The summed E-state index contributed by atoms with van der Waals surface area (Å²) in [6, 6.07) is 24.5. The molecule has 0 unspecified atom stereocenters. The number of urea groups is 1. The molecule has 3 rings (SSSR count). The molecule has 35 heavy (non-hydrogen) atoms. The Kier molecular flexibility index (Phi) is 9.69. The molecule has 0 bridgehead atoms. The number of nitrogens with two attached hydrogens (primary N) is 1. The minimum Gasteiger partial charge on any atom is -0.397 e. The Morgan fingerprint density at radius 1 is 0.829 bits per heavy atom. The Morgan fingerprint density at radius 2 is 1.51 bits per heavy atom. The van der Waals surface area contributed by atoms with Crippen molar-refractivity contribution in [2.24, 2.45) is 0 Å². The summed E-state index contributed by atoms with van der Waals surface area (Å²) >= 11 is 0. The molecular weight excluding hydrogens is 438 g/mol. The van der Waals surface area contributed by atoms with Gasteiger partial charge in [-0.15, -0.1) is 0 Å². The number of para-hydroxylation sites is 2. The summed E-state index contributed by atoms with van der Waals surface area (Å²) in [5.74, 6) is -0.226. The fraction of sp³-hybridized carbons (Fsp3) is 0.286. The first-order valence-corrected chi connectivity index (χ1v) is 11.9. The maximum atomic E-state index is 12.9. The number of carbonyl (C=O) groups excluding carboxylic acids is 2. The van der Waals surface area contributed by atoms with Gasteiger partial charge in [0.05, 0.1) is 11.4 Å². The van der Waals surface area contributed by atoms with Crippen LogP contribution in [0.4, 0.5) is 16.2 Å². The van der Waals surface area contributed by atoms with E-state index in [1.54, 1.807) is 24.3 Å². The van der Waals surface area contributed by atoms with Crippen LogP contribution in [0.25, 0.3) is 0 Å². The molecule has 0 heterocycles. The van der Waals surface area contributed by atoms with Gasteiger partial charge in [0.2, 0.25) is 0 Å². The second kappa shape index (κ2) is 13.2. The average molecular weight is 474 g/mol. The number of amides is 3. The number of anilines is 2. The van der Waals surface area contributed by atoms with Crippen molar-refractivity contribution in [2.45, 2.75) is 19.4 Å². The maximum absolute atomic E-state index is 12.9. The van der Waals surface area contributed by atoms with Gasteiger partial charge in [-0.25, -0.2) is 4.79 Å². The predicted molar refractivity (Wildman–Crippen MR) is 142 cm³/mol. The Labute approximate surface area is 207 Å². The van der Waals surface area contributed by atoms with E-state index in [9.17, 15) is 9.59 Å². The zero-order valence-corrected chi connectivity index (χ0v) is 20.5. The Hall–Kier alpha value is -3.84. The molecule has 0 aromatic heterocycles. The summed E-state index contributed by atoms with van der Waals surface area (Å²) in [6.07, 6.45) is 1.66. The number of hydrogen-bond donors (Lipinski definition) is 3. The molecule has 0 aliphatic carbocycles. The lowest BCUT2D eigenvalue weighted by Gasteiger charge is -2.24. The Balaban J connectivity index is 1.59. The third-order valence-corrected chi connectivity index (χ3v) is 5.65. The van der Waals surface area contributed by atoms with E-state index in [1.807, 2.05) is 61.5 Å². The molecule has 0 spiro atoms. The van der Waals surface area contributed by atoms with Crippen molar-refractivity contribution in [3.8, 4) is 0 Å². The number of nitrogens with one attached hydrogen (secondary N) is 2. The van der Waals surface area contributed by atoms with Crippen molar-refractivity contribution in [3.05, 3.63) is 95.6 Å². The zero-order valence-electron chi connectivity index (χ0n) is 20.5. The number of hydrogen-bond acceptors (Lipinski definition) is 4. The monoisotopic (exact) mass is 473 g/mol. The summed E-state index contributed by atoms with van der Waals surface area (Å²) in [5.41, 5.74) is 9.71. The minimum absolute atomic E-state index is 0.0824. The van der Waals surface area contributed by atoms with Crippen molar-refractivity contribution >= 4 is 23.3 Å². The van der Waals surface area contributed by atoms with Crippen LogP contribution < -0.4 is 16.4 Å². The molecule has 0 saturated heterocycles. The van der Waals surface area contributed by atoms with Crippen LogP contribution in [-0.4, -0.2) is 55.5 Å². The van der Waals surface area contributed by atoms with Crippen LogP contribution in [0.15, 0.2) is 78.9 Å². The summed E-state index contributed by atoms with van der Waals surface area (Å²) < 4.78 is 0. The van der Waals surface area contributed by atoms with Gasteiger partial charge < -0.3 is 26.2 Å². The predicted octanol–water partition coefficient (Wildman–Crippen LogP) is 4.23. The maximum Gasteiger partial charge on any atom is 0.317 e. The van der Waals surface area contributed by atoms with Gasteiger partial charge >= 0.3 is 6.03 Å². The lowest BCUT2D eigenvalue weighted by atomic mass is 10.1. The highest BCUT2D eigenvalue weighted by Gasteiger charge is 2.15. The standard InChI is InChI=1S/C28H35N5O2/c1-32(2)19-8-20-33(28(35)30-18-17-22-9-4-3-5-10-22)21-23-13-15-24(16-14-23)27(34)31-26-12-7-6-11-25(26)29/h3-7,9-16H,8,17-21,29H2,1-2H3,(H,30,35)(H,31,34). The van der Waals surface area contributed by atoms with Crippen LogP contribution >= 0.6 is 0 Å². The Morgan fingerprint density at radius 3 is 2.20 bits per heavy atom. The number of nitrogens with zero attached hydrogens (tertiary/aromatic N) is 2. The number of rotatable bonds is 11. The SMILES string of the molecule is CN(C)CCCN(Cc1ccc(C(=O)Nc2ccccc2N)cc1)C(=O)NCCc1ccccc1. The first-order valence-electron chi connectivity index (χ1n) is 11.9. The molecule has 0 aliphatic heterocycles. The van der Waals surface area contributed by atoms with Gasteiger partial charge in [0.1, 0.15) is 0 Å². The van der Waals surface area contributed by atoms with Gasteiger partial charge in [0, 0.05) is 25.2 Å². The molecule has 3 aromatic carbocycles. The van der Waals surface area contributed by atoms with Crippen molar-refractivity contribution < 1.29 is 9.59 Å². The van der Waals surface area contributed by atoms with E-state index in [0.717, 1.165) is 24.9 Å². The first-order chi connectivity index (χ1) is 16.9. The van der Waals surface area contributed by atoms with E-state index in [-0.39, 0.29) is 11.9 Å². The molecule has 3 amide bonds. The number of nitrogen functional groups attached to an aromatic ring is 1. The van der Waals surface area contributed by atoms with Crippen LogP contribution in [0.5, 0.6) is 0 Å². The van der Waals surface area contributed by atoms with Crippen molar-refractivity contribution in [3.63, 3.8) is 0 Å². The molecule has 4 N–H and O–H groups in total. The highest BCUT2D eigenvalue weighted by molar-refractivity contribution is 6.05. The highest BCUT2D eigenvalue weighted by atomic mass is 16.2.